The van der Waals surface area contributed by atoms with Crippen LogP contribution in [0.1, 0.15) is 31.9 Å². The van der Waals surface area contributed by atoms with Crippen molar-refractivity contribution < 1.29 is 4.74 Å². The number of methoxy groups -OCH3 is 1. The molecule has 0 aromatic heterocycles. The van der Waals surface area contributed by atoms with Crippen molar-refractivity contribution >= 4 is 5.69 Å². The van der Waals surface area contributed by atoms with Crippen molar-refractivity contribution in [2.45, 2.75) is 26.3 Å². The maximum Gasteiger partial charge on any atom is 0.125 e. The molecule has 0 amide bonds. The lowest BCUT2D eigenvalue weighted by atomic mass is 10.0. The molecule has 0 aliphatic heterocycles. The Hall–Kier alpha value is -1.26. The molecule has 0 aliphatic carbocycles. The Morgan fingerprint density at radius 1 is 1.20 bits per heavy atom. The summed E-state index contributed by atoms with van der Waals surface area (Å²) in [5, 5.41) is 0. The van der Waals surface area contributed by atoms with Crippen LogP contribution >= 0.6 is 0 Å². The van der Waals surface area contributed by atoms with Crippen molar-refractivity contribution in [3.63, 3.8) is 0 Å². The van der Waals surface area contributed by atoms with Crippen LogP contribution < -0.4 is 15.4 Å². The first-order valence-electron chi connectivity index (χ1n) is 7.33. The van der Waals surface area contributed by atoms with Gasteiger partial charge >= 0.3 is 0 Å². The Bertz CT molecular complexity index is 405. The van der Waals surface area contributed by atoms with Gasteiger partial charge in [0.05, 0.1) is 7.11 Å². The fraction of sp³-hybridized carbons (Fsp3) is 0.625. The minimum absolute atomic E-state index is 0.0418. The molecule has 4 nitrogen and oxygen atoms in total. The number of rotatable bonds is 8. The van der Waals surface area contributed by atoms with Crippen LogP contribution in [-0.4, -0.2) is 45.7 Å². The summed E-state index contributed by atoms with van der Waals surface area (Å²) in [5.74, 6) is 0.878. The van der Waals surface area contributed by atoms with Crippen molar-refractivity contribution in [2.75, 3.05) is 45.7 Å². The summed E-state index contributed by atoms with van der Waals surface area (Å²) in [5.41, 5.74) is 8.46. The number of benzene rings is 1. The smallest absolute Gasteiger partial charge is 0.125 e. The highest BCUT2D eigenvalue weighted by atomic mass is 16.5. The predicted molar refractivity (Wildman–Crippen MR) is 86.7 cm³/mol. The Balaban J connectivity index is 3.11. The number of nitrogens with zero attached hydrogens (tertiary/aromatic N) is 2. The van der Waals surface area contributed by atoms with Gasteiger partial charge in [-0.25, -0.2) is 0 Å². The van der Waals surface area contributed by atoms with E-state index in [9.17, 15) is 0 Å². The van der Waals surface area contributed by atoms with Crippen molar-refractivity contribution in [3.8, 4) is 5.75 Å². The molecule has 1 aromatic carbocycles. The van der Waals surface area contributed by atoms with Gasteiger partial charge in [0.2, 0.25) is 0 Å². The second kappa shape index (κ2) is 8.12. The van der Waals surface area contributed by atoms with Crippen LogP contribution in [0, 0.1) is 0 Å². The topological polar surface area (TPSA) is 41.7 Å². The Morgan fingerprint density at radius 3 is 2.40 bits per heavy atom. The van der Waals surface area contributed by atoms with Gasteiger partial charge in [-0.3, -0.25) is 0 Å². The highest BCUT2D eigenvalue weighted by Gasteiger charge is 2.17. The van der Waals surface area contributed by atoms with Gasteiger partial charge in [-0.2, -0.15) is 0 Å². The minimum Gasteiger partial charge on any atom is -0.496 e. The van der Waals surface area contributed by atoms with E-state index in [0.29, 0.717) is 0 Å². The molecular weight excluding hydrogens is 250 g/mol. The maximum absolute atomic E-state index is 6.16. The molecule has 1 rings (SSSR count). The molecule has 0 spiro atoms. The predicted octanol–water partition coefficient (Wildman–Crippen LogP) is 2.49. The van der Waals surface area contributed by atoms with Gasteiger partial charge in [-0.05, 0) is 39.6 Å². The van der Waals surface area contributed by atoms with Gasteiger partial charge in [0.25, 0.3) is 0 Å². The van der Waals surface area contributed by atoms with Gasteiger partial charge < -0.3 is 20.3 Å². The Labute approximate surface area is 123 Å². The van der Waals surface area contributed by atoms with Crippen LogP contribution in [0.5, 0.6) is 5.75 Å². The van der Waals surface area contributed by atoms with E-state index in [1.807, 2.05) is 19.1 Å². The molecule has 0 saturated heterocycles. The zero-order valence-corrected chi connectivity index (χ0v) is 13.5. The van der Waals surface area contributed by atoms with Gasteiger partial charge in [-0.1, -0.05) is 13.0 Å². The summed E-state index contributed by atoms with van der Waals surface area (Å²) in [6, 6.07) is 6.13. The summed E-state index contributed by atoms with van der Waals surface area (Å²) in [6.45, 7) is 7.26. The lowest BCUT2D eigenvalue weighted by Gasteiger charge is -2.30. The van der Waals surface area contributed by atoms with E-state index in [1.165, 1.54) is 5.69 Å². The second-order valence-electron chi connectivity index (χ2n) is 5.47. The second-order valence-corrected chi connectivity index (χ2v) is 5.47. The average molecular weight is 279 g/mol. The molecule has 0 saturated carbocycles. The van der Waals surface area contributed by atoms with E-state index in [2.05, 4.69) is 36.9 Å². The molecule has 0 unspecified atom stereocenters. The third-order valence-corrected chi connectivity index (χ3v) is 3.37. The van der Waals surface area contributed by atoms with Gasteiger partial charge in [0.1, 0.15) is 5.75 Å². The zero-order chi connectivity index (χ0) is 15.1. The molecule has 2 N–H and O–H groups in total. The molecule has 20 heavy (non-hydrogen) atoms. The molecule has 0 aliphatic rings. The fourth-order valence-corrected chi connectivity index (χ4v) is 2.39. The number of hydrogen-bond acceptors (Lipinski definition) is 4. The highest BCUT2D eigenvalue weighted by Crippen LogP contribution is 2.33. The summed E-state index contributed by atoms with van der Waals surface area (Å²) in [7, 11) is 5.90. The third-order valence-electron chi connectivity index (χ3n) is 3.37. The lowest BCUT2D eigenvalue weighted by Crippen LogP contribution is -2.33. The molecule has 4 heteroatoms. The first-order valence-corrected chi connectivity index (χ1v) is 7.33. The van der Waals surface area contributed by atoms with Crippen LogP contribution in [0.3, 0.4) is 0 Å². The first-order chi connectivity index (χ1) is 9.51. The Kier molecular flexibility index (Phi) is 6.82. The van der Waals surface area contributed by atoms with Crippen molar-refractivity contribution in [2.24, 2.45) is 5.73 Å². The van der Waals surface area contributed by atoms with Gasteiger partial charge in [0.15, 0.2) is 0 Å². The molecular formula is C16H29N3O. The molecule has 0 fully saturated rings. The van der Waals surface area contributed by atoms with Gasteiger partial charge in [0, 0.05) is 36.9 Å². The third kappa shape index (κ3) is 4.39. The van der Waals surface area contributed by atoms with Crippen molar-refractivity contribution in [3.05, 3.63) is 23.8 Å². The molecule has 1 atom stereocenters. The quantitative estimate of drug-likeness (QED) is 0.794. The molecule has 1 aromatic rings. The number of anilines is 1. The first kappa shape index (κ1) is 16.8. The largest absolute Gasteiger partial charge is 0.496 e. The summed E-state index contributed by atoms with van der Waals surface area (Å²) >= 11 is 0. The van der Waals surface area contributed by atoms with E-state index in [-0.39, 0.29) is 6.04 Å². The average Bonchev–Trinajstić information content (AvgIpc) is 2.42. The number of nitrogens with two attached hydrogens (primary N) is 1. The zero-order valence-electron chi connectivity index (χ0n) is 13.5. The summed E-state index contributed by atoms with van der Waals surface area (Å²) in [6.07, 6.45) is 1.11. The lowest BCUT2D eigenvalue weighted by molar-refractivity contribution is 0.404. The minimum atomic E-state index is -0.0418. The highest BCUT2D eigenvalue weighted by molar-refractivity contribution is 5.60. The van der Waals surface area contributed by atoms with Crippen molar-refractivity contribution in [1.29, 1.82) is 0 Å². The summed E-state index contributed by atoms with van der Waals surface area (Å²) < 4.78 is 5.48. The van der Waals surface area contributed by atoms with Gasteiger partial charge in [-0.15, -0.1) is 0 Å². The van der Waals surface area contributed by atoms with E-state index in [1.54, 1.807) is 7.11 Å². The van der Waals surface area contributed by atoms with Crippen LogP contribution in [0.4, 0.5) is 5.69 Å². The van der Waals surface area contributed by atoms with Crippen molar-refractivity contribution in [1.82, 2.24) is 4.90 Å². The van der Waals surface area contributed by atoms with E-state index in [0.717, 1.165) is 37.4 Å². The monoisotopic (exact) mass is 279 g/mol. The van der Waals surface area contributed by atoms with Crippen LogP contribution in [0.2, 0.25) is 0 Å². The SMILES string of the molecule is CCCN(CCN(C)C)c1cccc(OC)c1[C@H](C)N. The standard InChI is InChI=1S/C16H29N3O/c1-6-10-19(12-11-18(3)4)14-8-7-9-15(20-5)16(14)13(2)17/h7-9,13H,6,10-12,17H2,1-5H3/t13-/m0/s1. The molecule has 114 valence electrons. The van der Waals surface area contributed by atoms with E-state index in [4.69, 9.17) is 10.5 Å². The van der Waals surface area contributed by atoms with Crippen LogP contribution in [-0.2, 0) is 0 Å². The van der Waals surface area contributed by atoms with E-state index >= 15 is 0 Å². The number of ether oxygens (including phenoxy) is 1. The van der Waals surface area contributed by atoms with Crippen LogP contribution in [0.25, 0.3) is 0 Å². The normalized spacial score (nSPS) is 12.6. The Morgan fingerprint density at radius 2 is 1.90 bits per heavy atom. The number of hydrogen-bond donors (Lipinski definition) is 1. The summed E-state index contributed by atoms with van der Waals surface area (Å²) in [4.78, 5) is 4.61. The number of likely N-dealkylation sites (N-methyl/N-ethyl adjacent to an activating group) is 1. The maximum atomic E-state index is 6.16. The fourth-order valence-electron chi connectivity index (χ4n) is 2.39. The molecule has 0 bridgehead atoms. The van der Waals surface area contributed by atoms with Crippen LogP contribution in [0.15, 0.2) is 18.2 Å². The molecule has 0 radical (unpaired) electrons. The van der Waals surface area contributed by atoms with E-state index < -0.39 is 0 Å². The molecule has 0 heterocycles.